The molecule has 0 aliphatic carbocycles. The molecule has 0 bridgehead atoms. The highest BCUT2D eigenvalue weighted by Gasteiger charge is 2.16. The Hall–Kier alpha value is -4.24. The van der Waals surface area contributed by atoms with E-state index < -0.39 is 10.0 Å². The summed E-state index contributed by atoms with van der Waals surface area (Å²) in [5.41, 5.74) is 6.08. The lowest BCUT2D eigenvalue weighted by atomic mass is 10.1. The molecule has 0 aliphatic rings. The first-order chi connectivity index (χ1) is 17.3. The number of aromatic nitrogens is 4. The van der Waals surface area contributed by atoms with Gasteiger partial charge in [0.15, 0.2) is 0 Å². The van der Waals surface area contributed by atoms with Crippen molar-refractivity contribution in [1.82, 2.24) is 19.7 Å². The summed E-state index contributed by atoms with van der Waals surface area (Å²) in [5.74, 6) is 0.860. The molecule has 3 aromatic carbocycles. The molecule has 0 saturated heterocycles. The molecular weight excluding hydrogens is 474 g/mol. The van der Waals surface area contributed by atoms with Crippen molar-refractivity contribution in [3.8, 4) is 23.0 Å². The summed E-state index contributed by atoms with van der Waals surface area (Å²) >= 11 is 0. The Morgan fingerprint density at radius 1 is 0.917 bits per heavy atom. The summed E-state index contributed by atoms with van der Waals surface area (Å²) in [6, 6.07) is 20.2. The average molecular weight is 500 g/mol. The molecule has 9 heteroatoms. The van der Waals surface area contributed by atoms with Gasteiger partial charge in [-0.25, -0.2) is 13.4 Å². The number of sulfonamides is 1. The van der Waals surface area contributed by atoms with Crippen molar-refractivity contribution in [2.75, 3.05) is 4.72 Å². The topological polar surface area (TPSA) is 103 Å². The first kappa shape index (κ1) is 23.5. The summed E-state index contributed by atoms with van der Waals surface area (Å²) in [6.07, 6.45) is 3.53. The van der Waals surface area contributed by atoms with Crippen LogP contribution in [0.15, 0.2) is 88.7 Å². The van der Waals surface area contributed by atoms with E-state index >= 15 is 0 Å². The molecule has 0 aliphatic heterocycles. The smallest absolute Gasteiger partial charge is 0.278 e. The van der Waals surface area contributed by atoms with Crippen LogP contribution in [0.5, 0.6) is 0 Å². The number of anilines is 1. The van der Waals surface area contributed by atoms with Crippen molar-refractivity contribution >= 4 is 15.7 Å². The molecule has 0 unspecified atom stereocenters. The second-order valence-corrected chi connectivity index (χ2v) is 10.5. The highest BCUT2D eigenvalue weighted by atomic mass is 32.2. The van der Waals surface area contributed by atoms with E-state index in [0.717, 1.165) is 27.8 Å². The molecule has 5 aromatic rings. The first-order valence-electron chi connectivity index (χ1n) is 11.4. The molecular formula is C27H25N5O3S. The predicted molar refractivity (Wildman–Crippen MR) is 138 cm³/mol. The van der Waals surface area contributed by atoms with E-state index in [4.69, 9.17) is 4.52 Å². The molecule has 8 nitrogen and oxygen atoms in total. The van der Waals surface area contributed by atoms with Gasteiger partial charge in [-0.3, -0.25) is 4.72 Å². The van der Waals surface area contributed by atoms with Crippen LogP contribution >= 0.6 is 0 Å². The summed E-state index contributed by atoms with van der Waals surface area (Å²) in [4.78, 5) is 9.10. The van der Waals surface area contributed by atoms with Crippen LogP contribution in [0.1, 0.15) is 22.3 Å². The van der Waals surface area contributed by atoms with Crippen molar-refractivity contribution < 1.29 is 12.9 Å². The van der Waals surface area contributed by atoms with Crippen LogP contribution < -0.4 is 4.72 Å². The van der Waals surface area contributed by atoms with E-state index in [0.29, 0.717) is 29.6 Å². The molecule has 0 amide bonds. The predicted octanol–water partition coefficient (Wildman–Crippen LogP) is 5.37. The van der Waals surface area contributed by atoms with E-state index in [1.807, 2.05) is 74.0 Å². The minimum atomic E-state index is -3.66. The molecule has 0 spiro atoms. The maximum Gasteiger partial charge on any atom is 0.278 e. The van der Waals surface area contributed by atoms with Crippen LogP contribution in [0.2, 0.25) is 0 Å². The number of nitrogens with one attached hydrogen (secondary N) is 1. The van der Waals surface area contributed by atoms with E-state index in [1.54, 1.807) is 30.6 Å². The lowest BCUT2D eigenvalue weighted by Crippen LogP contribution is -2.13. The number of hydrogen-bond donors (Lipinski definition) is 1. The van der Waals surface area contributed by atoms with Crippen molar-refractivity contribution in [3.05, 3.63) is 102 Å². The molecule has 0 fully saturated rings. The van der Waals surface area contributed by atoms with Gasteiger partial charge in [0.05, 0.1) is 11.2 Å². The van der Waals surface area contributed by atoms with Gasteiger partial charge in [-0.1, -0.05) is 53.2 Å². The SMILES string of the molecule is Cc1ccc(-c2noc(-c3cn(Cc4ccc(NS(=O)(=O)c5ccc(C)c(C)c5)cc4)cn3)n2)cc1. The largest absolute Gasteiger partial charge is 0.332 e. The van der Waals surface area contributed by atoms with Gasteiger partial charge in [-0.05, 0) is 61.7 Å². The fourth-order valence-electron chi connectivity index (χ4n) is 3.69. The van der Waals surface area contributed by atoms with Gasteiger partial charge >= 0.3 is 0 Å². The second kappa shape index (κ2) is 9.43. The zero-order valence-electron chi connectivity index (χ0n) is 20.1. The number of hydrogen-bond acceptors (Lipinski definition) is 6. The van der Waals surface area contributed by atoms with Gasteiger partial charge in [0.25, 0.3) is 15.9 Å². The van der Waals surface area contributed by atoms with Crippen LogP contribution in [0.25, 0.3) is 23.0 Å². The Morgan fingerprint density at radius 3 is 2.39 bits per heavy atom. The van der Waals surface area contributed by atoms with Crippen molar-refractivity contribution in [1.29, 1.82) is 0 Å². The number of aryl methyl sites for hydroxylation is 3. The molecule has 0 atom stereocenters. The molecule has 182 valence electrons. The fraction of sp³-hybridized carbons (Fsp3) is 0.148. The minimum absolute atomic E-state index is 0.243. The van der Waals surface area contributed by atoms with Gasteiger partial charge in [-0.15, -0.1) is 0 Å². The lowest BCUT2D eigenvalue weighted by molar-refractivity contribution is 0.431. The minimum Gasteiger partial charge on any atom is -0.332 e. The van der Waals surface area contributed by atoms with Crippen LogP contribution in [0.3, 0.4) is 0 Å². The maximum absolute atomic E-state index is 12.7. The lowest BCUT2D eigenvalue weighted by Gasteiger charge is -2.10. The molecule has 2 aromatic heterocycles. The summed E-state index contributed by atoms with van der Waals surface area (Å²) in [5, 5.41) is 4.06. The first-order valence-corrected chi connectivity index (χ1v) is 12.9. The third kappa shape index (κ3) is 5.06. The Labute approximate surface area is 209 Å². The van der Waals surface area contributed by atoms with E-state index in [-0.39, 0.29) is 4.90 Å². The summed E-state index contributed by atoms with van der Waals surface area (Å²) in [6.45, 7) is 6.42. The Kier molecular flexibility index (Phi) is 6.15. The highest BCUT2D eigenvalue weighted by Crippen LogP contribution is 2.22. The quantitative estimate of drug-likeness (QED) is 0.323. The van der Waals surface area contributed by atoms with E-state index in [9.17, 15) is 8.42 Å². The normalized spacial score (nSPS) is 11.5. The van der Waals surface area contributed by atoms with Gasteiger partial charge < -0.3 is 9.09 Å². The van der Waals surface area contributed by atoms with Gasteiger partial charge in [0.2, 0.25) is 5.82 Å². The molecule has 0 saturated carbocycles. The molecule has 2 heterocycles. The van der Waals surface area contributed by atoms with Gasteiger partial charge in [-0.2, -0.15) is 4.98 Å². The molecule has 36 heavy (non-hydrogen) atoms. The maximum atomic E-state index is 12.7. The monoisotopic (exact) mass is 499 g/mol. The van der Waals surface area contributed by atoms with Crippen LogP contribution in [0.4, 0.5) is 5.69 Å². The van der Waals surface area contributed by atoms with Crippen molar-refractivity contribution in [3.63, 3.8) is 0 Å². The van der Waals surface area contributed by atoms with Gasteiger partial charge in [0, 0.05) is 24.0 Å². The summed E-state index contributed by atoms with van der Waals surface area (Å²) < 4.78 is 35.4. The Morgan fingerprint density at radius 2 is 1.67 bits per heavy atom. The zero-order valence-corrected chi connectivity index (χ0v) is 21.0. The van der Waals surface area contributed by atoms with Crippen LogP contribution in [-0.4, -0.2) is 28.1 Å². The van der Waals surface area contributed by atoms with Gasteiger partial charge in [0.1, 0.15) is 5.69 Å². The third-order valence-electron chi connectivity index (χ3n) is 5.95. The summed E-state index contributed by atoms with van der Waals surface area (Å²) in [7, 11) is -3.66. The van der Waals surface area contributed by atoms with Crippen LogP contribution in [0, 0.1) is 20.8 Å². The van der Waals surface area contributed by atoms with E-state index in [2.05, 4.69) is 19.8 Å². The molecule has 1 N–H and O–H groups in total. The molecule has 0 radical (unpaired) electrons. The Bertz CT molecular complexity index is 1620. The standard InChI is InChI=1S/C27H25N5O3S/c1-18-4-9-22(10-5-18)26-29-27(35-30-26)25-16-32(17-28-25)15-21-7-11-23(12-8-21)31-36(33,34)24-13-6-19(2)20(3)14-24/h4-14,16-17,31H,15H2,1-3H3. The Balaban J connectivity index is 1.25. The third-order valence-corrected chi connectivity index (χ3v) is 7.33. The van der Waals surface area contributed by atoms with Crippen LogP contribution in [-0.2, 0) is 16.6 Å². The number of rotatable bonds is 7. The van der Waals surface area contributed by atoms with E-state index in [1.165, 1.54) is 0 Å². The number of imidazole rings is 1. The second-order valence-electron chi connectivity index (χ2n) is 8.77. The number of benzene rings is 3. The molecule has 5 rings (SSSR count). The zero-order chi connectivity index (χ0) is 25.3. The highest BCUT2D eigenvalue weighted by molar-refractivity contribution is 7.92. The fourth-order valence-corrected chi connectivity index (χ4v) is 4.83. The number of nitrogens with zero attached hydrogens (tertiary/aromatic N) is 4. The van der Waals surface area contributed by atoms with Crippen molar-refractivity contribution in [2.45, 2.75) is 32.2 Å². The average Bonchev–Trinajstić information content (AvgIpc) is 3.52. The van der Waals surface area contributed by atoms with Crippen molar-refractivity contribution in [2.24, 2.45) is 0 Å².